The molecule has 0 aliphatic carbocycles. The van der Waals surface area contributed by atoms with Crippen molar-refractivity contribution in [1.82, 2.24) is 10.3 Å². The van der Waals surface area contributed by atoms with Gasteiger partial charge in [0.05, 0.1) is 24.4 Å². The highest BCUT2D eigenvalue weighted by Crippen LogP contribution is 2.29. The number of carbonyl (C=O) groups is 1. The molecule has 0 aliphatic rings. The molecule has 0 radical (unpaired) electrons. The van der Waals surface area contributed by atoms with Gasteiger partial charge in [0.1, 0.15) is 18.0 Å². The van der Waals surface area contributed by atoms with Crippen LogP contribution in [-0.4, -0.2) is 18.0 Å². The van der Waals surface area contributed by atoms with Crippen molar-refractivity contribution in [3.63, 3.8) is 0 Å². The predicted octanol–water partition coefficient (Wildman–Crippen LogP) is 4.97. The number of benzene rings is 2. The average Bonchev–Trinajstić information content (AvgIpc) is 3.41. The molecule has 4 rings (SSSR count). The number of carbonyl (C=O) groups excluding carboxylic acids is 1. The number of fused-ring (bicyclic) bond motifs is 1. The van der Waals surface area contributed by atoms with Gasteiger partial charge in [-0.2, -0.15) is 0 Å². The highest BCUT2D eigenvalue weighted by atomic mass is 32.1. The molecule has 29 heavy (non-hydrogen) atoms. The first-order valence-corrected chi connectivity index (χ1v) is 10.1. The maximum absolute atomic E-state index is 12.7. The van der Waals surface area contributed by atoms with Gasteiger partial charge in [0.15, 0.2) is 11.5 Å². The second-order valence-corrected chi connectivity index (χ2v) is 7.23. The van der Waals surface area contributed by atoms with Crippen LogP contribution in [0, 0.1) is 0 Å². The lowest BCUT2D eigenvalue weighted by Gasteiger charge is -2.14. The van der Waals surface area contributed by atoms with E-state index in [1.807, 2.05) is 42.6 Å². The monoisotopic (exact) mass is 408 g/mol. The Labute approximate surface area is 172 Å². The molecular formula is C22H20N2O4S. The number of nitrogens with one attached hydrogen (secondary N) is 1. The number of methoxy groups -OCH3 is 1. The van der Waals surface area contributed by atoms with Gasteiger partial charge in [0.25, 0.3) is 5.91 Å². The molecule has 2 aromatic heterocycles. The minimum absolute atomic E-state index is 0.220. The van der Waals surface area contributed by atoms with E-state index in [0.29, 0.717) is 29.4 Å². The molecule has 2 aromatic carbocycles. The molecule has 0 aliphatic heterocycles. The molecule has 0 unspecified atom stereocenters. The lowest BCUT2D eigenvalue weighted by molar-refractivity contribution is 0.0935. The van der Waals surface area contributed by atoms with Crippen LogP contribution in [0.4, 0.5) is 0 Å². The zero-order chi connectivity index (χ0) is 20.2. The zero-order valence-electron chi connectivity index (χ0n) is 16.0. The molecule has 6 nitrogen and oxygen atoms in total. The zero-order valence-corrected chi connectivity index (χ0v) is 16.9. The Kier molecular flexibility index (Phi) is 5.48. The van der Waals surface area contributed by atoms with E-state index in [9.17, 15) is 4.79 Å². The van der Waals surface area contributed by atoms with E-state index in [4.69, 9.17) is 13.9 Å². The molecule has 1 amide bonds. The van der Waals surface area contributed by atoms with Crippen LogP contribution in [0.2, 0.25) is 0 Å². The molecule has 148 valence electrons. The van der Waals surface area contributed by atoms with Crippen molar-refractivity contribution in [2.24, 2.45) is 0 Å². The van der Waals surface area contributed by atoms with Crippen LogP contribution in [0.25, 0.3) is 11.0 Å². The summed E-state index contributed by atoms with van der Waals surface area (Å²) in [4.78, 5) is 16.9. The van der Waals surface area contributed by atoms with Gasteiger partial charge >= 0.3 is 0 Å². The normalized spacial score (nSPS) is 11.9. The largest absolute Gasteiger partial charge is 0.493 e. The van der Waals surface area contributed by atoms with Gasteiger partial charge in [-0.25, -0.2) is 4.98 Å². The molecule has 0 spiro atoms. The van der Waals surface area contributed by atoms with E-state index in [0.717, 1.165) is 16.7 Å². The summed E-state index contributed by atoms with van der Waals surface area (Å²) in [6.45, 7) is 2.23. The Hall–Kier alpha value is -3.32. The van der Waals surface area contributed by atoms with E-state index >= 15 is 0 Å². The fourth-order valence-electron chi connectivity index (χ4n) is 2.96. The van der Waals surface area contributed by atoms with Crippen molar-refractivity contribution in [3.8, 4) is 11.5 Å². The maximum atomic E-state index is 12.7. The Morgan fingerprint density at radius 2 is 2.07 bits per heavy atom. The fraction of sp³-hybridized carbons (Fsp3) is 0.182. The van der Waals surface area contributed by atoms with E-state index in [-0.39, 0.29) is 11.9 Å². The van der Waals surface area contributed by atoms with Crippen molar-refractivity contribution >= 4 is 28.2 Å². The van der Waals surface area contributed by atoms with Crippen LogP contribution in [0.3, 0.4) is 0 Å². The van der Waals surface area contributed by atoms with Crippen molar-refractivity contribution in [2.75, 3.05) is 7.11 Å². The molecular weight excluding hydrogens is 388 g/mol. The van der Waals surface area contributed by atoms with Gasteiger partial charge in [-0.05, 0) is 37.3 Å². The number of nitrogens with zero attached hydrogens (tertiary/aromatic N) is 1. The number of rotatable bonds is 7. The summed E-state index contributed by atoms with van der Waals surface area (Å²) in [6.07, 6.45) is 0. The maximum Gasteiger partial charge on any atom is 0.252 e. The highest BCUT2D eigenvalue weighted by molar-refractivity contribution is 7.07. The number of thiazole rings is 1. The van der Waals surface area contributed by atoms with Crippen LogP contribution >= 0.6 is 11.3 Å². The lowest BCUT2D eigenvalue weighted by atomic mass is 10.1. The van der Waals surface area contributed by atoms with Gasteiger partial charge in [-0.3, -0.25) is 4.79 Å². The van der Waals surface area contributed by atoms with Crippen molar-refractivity contribution < 1.29 is 18.7 Å². The number of furan rings is 1. The Morgan fingerprint density at radius 3 is 2.83 bits per heavy atom. The van der Waals surface area contributed by atoms with Gasteiger partial charge in [0, 0.05) is 16.3 Å². The van der Waals surface area contributed by atoms with Gasteiger partial charge in [0.2, 0.25) is 0 Å². The molecule has 7 heteroatoms. The quantitative estimate of drug-likeness (QED) is 0.467. The molecule has 0 saturated carbocycles. The summed E-state index contributed by atoms with van der Waals surface area (Å²) in [7, 11) is 1.55. The van der Waals surface area contributed by atoms with E-state index < -0.39 is 0 Å². The molecule has 0 saturated heterocycles. The second-order valence-electron chi connectivity index (χ2n) is 6.52. The third-order valence-corrected chi connectivity index (χ3v) is 5.14. The number of ether oxygens (including phenoxy) is 2. The molecule has 4 aromatic rings. The van der Waals surface area contributed by atoms with Crippen molar-refractivity contribution in [3.05, 3.63) is 76.4 Å². The topological polar surface area (TPSA) is 73.6 Å². The second kappa shape index (κ2) is 8.36. The average molecular weight is 408 g/mol. The third-order valence-electron chi connectivity index (χ3n) is 4.50. The summed E-state index contributed by atoms with van der Waals surface area (Å²) in [5.41, 5.74) is 3.88. The standard InChI is InChI=1S/C22H20N2O4S/c1-14(20-9-15-5-3-4-6-18(15)28-20)24-22(25)16-7-8-19(21(10-16)26-2)27-11-17-12-29-13-23-17/h3-10,12-14H,11H2,1-2H3,(H,24,25)/t14-/m1/s1. The highest BCUT2D eigenvalue weighted by Gasteiger charge is 2.17. The molecule has 1 N–H and O–H groups in total. The summed E-state index contributed by atoms with van der Waals surface area (Å²) in [6, 6.07) is 14.5. The van der Waals surface area contributed by atoms with E-state index in [1.54, 1.807) is 30.8 Å². The summed E-state index contributed by atoms with van der Waals surface area (Å²) in [5.74, 6) is 1.53. The van der Waals surface area contributed by atoms with Crippen LogP contribution in [-0.2, 0) is 6.61 Å². The number of amides is 1. The number of para-hydroxylation sites is 1. The van der Waals surface area contributed by atoms with Crippen LogP contribution in [0.5, 0.6) is 11.5 Å². The van der Waals surface area contributed by atoms with Crippen LogP contribution in [0.15, 0.2) is 63.8 Å². The molecule has 2 heterocycles. The minimum atomic E-state index is -0.276. The third kappa shape index (κ3) is 4.25. The molecule has 1 atom stereocenters. The summed E-state index contributed by atoms with van der Waals surface area (Å²) in [5, 5.41) is 5.89. The van der Waals surface area contributed by atoms with Gasteiger partial charge in [-0.1, -0.05) is 18.2 Å². The number of aromatic nitrogens is 1. The SMILES string of the molecule is COc1cc(C(=O)N[C@H](C)c2cc3ccccc3o2)ccc1OCc1cscn1. The first kappa shape index (κ1) is 19.0. The first-order valence-electron chi connectivity index (χ1n) is 9.11. The summed E-state index contributed by atoms with van der Waals surface area (Å²) >= 11 is 1.51. The fourth-order valence-corrected chi connectivity index (χ4v) is 3.50. The predicted molar refractivity (Wildman–Crippen MR) is 112 cm³/mol. The lowest BCUT2D eigenvalue weighted by Crippen LogP contribution is -2.26. The first-order chi connectivity index (χ1) is 14.1. The smallest absolute Gasteiger partial charge is 0.252 e. The Morgan fingerprint density at radius 1 is 1.21 bits per heavy atom. The number of hydrogen-bond donors (Lipinski definition) is 1. The van der Waals surface area contributed by atoms with Crippen LogP contribution < -0.4 is 14.8 Å². The van der Waals surface area contributed by atoms with Gasteiger partial charge < -0.3 is 19.2 Å². The van der Waals surface area contributed by atoms with Crippen molar-refractivity contribution in [1.29, 1.82) is 0 Å². The summed E-state index contributed by atoms with van der Waals surface area (Å²) < 4.78 is 17.0. The van der Waals surface area contributed by atoms with Crippen LogP contribution in [0.1, 0.15) is 34.8 Å². The Bertz CT molecular complexity index is 1090. The van der Waals surface area contributed by atoms with E-state index in [2.05, 4.69) is 10.3 Å². The molecule has 0 fully saturated rings. The Balaban J connectivity index is 1.46. The van der Waals surface area contributed by atoms with E-state index in [1.165, 1.54) is 11.3 Å². The minimum Gasteiger partial charge on any atom is -0.493 e. The molecule has 0 bridgehead atoms. The number of hydrogen-bond acceptors (Lipinski definition) is 6. The van der Waals surface area contributed by atoms with Gasteiger partial charge in [-0.15, -0.1) is 11.3 Å². The van der Waals surface area contributed by atoms with Crippen molar-refractivity contribution in [2.45, 2.75) is 19.6 Å².